The highest BCUT2D eigenvalue weighted by atomic mass is 16.5. The predicted molar refractivity (Wildman–Crippen MR) is 132 cm³/mol. The Kier molecular flexibility index (Phi) is 22.8. The molecule has 0 aliphatic rings. The number of esters is 1. The first-order chi connectivity index (χ1) is 15.2. The van der Waals surface area contributed by atoms with Crippen LogP contribution in [0.1, 0.15) is 143 Å². The third-order valence-electron chi connectivity index (χ3n) is 5.97. The number of carbonyl (C=O) groups excluding carboxylic acids is 2. The van der Waals surface area contributed by atoms with Crippen LogP contribution in [0, 0.1) is 0 Å². The number of nitrogens with zero attached hydrogens (tertiary/aromatic N) is 1. The minimum absolute atomic E-state index is 0.127. The van der Waals surface area contributed by atoms with Crippen molar-refractivity contribution in [2.75, 3.05) is 19.7 Å². The summed E-state index contributed by atoms with van der Waals surface area (Å²) in [5, 5.41) is 0. The summed E-state index contributed by atoms with van der Waals surface area (Å²) >= 11 is 0. The van der Waals surface area contributed by atoms with Crippen LogP contribution < -0.4 is 0 Å². The summed E-state index contributed by atoms with van der Waals surface area (Å²) in [6, 6.07) is 0. The van der Waals surface area contributed by atoms with Crippen molar-refractivity contribution in [2.24, 2.45) is 0 Å². The zero-order valence-corrected chi connectivity index (χ0v) is 21.2. The molecule has 0 aromatic heterocycles. The second-order valence-corrected chi connectivity index (χ2v) is 9.05. The van der Waals surface area contributed by atoms with Gasteiger partial charge in [0.05, 0.1) is 13.0 Å². The largest absolute Gasteiger partial charge is 0.466 e. The molecule has 0 aromatic rings. The smallest absolute Gasteiger partial charge is 0.306 e. The Bertz CT molecular complexity index is 393. The lowest BCUT2D eigenvalue weighted by Gasteiger charge is -2.23. The van der Waals surface area contributed by atoms with Gasteiger partial charge in [0.2, 0.25) is 5.91 Å². The Balaban J connectivity index is 4.20. The molecule has 0 unspecified atom stereocenters. The molecule has 0 heterocycles. The maximum absolute atomic E-state index is 12.8. The van der Waals surface area contributed by atoms with Crippen LogP contribution >= 0.6 is 0 Å². The molecule has 4 nitrogen and oxygen atoms in total. The summed E-state index contributed by atoms with van der Waals surface area (Å²) in [4.78, 5) is 26.7. The van der Waals surface area contributed by atoms with Gasteiger partial charge in [-0.3, -0.25) is 9.59 Å². The summed E-state index contributed by atoms with van der Waals surface area (Å²) < 4.78 is 5.26. The Morgan fingerprint density at radius 3 is 1.45 bits per heavy atom. The van der Waals surface area contributed by atoms with E-state index in [0.717, 1.165) is 45.2 Å². The Labute approximate surface area is 193 Å². The molecular formula is C27H53NO3. The van der Waals surface area contributed by atoms with Crippen LogP contribution in [0.4, 0.5) is 0 Å². The lowest BCUT2D eigenvalue weighted by atomic mass is 10.1. The zero-order chi connectivity index (χ0) is 23.0. The van der Waals surface area contributed by atoms with Crippen molar-refractivity contribution >= 4 is 11.9 Å². The lowest BCUT2D eigenvalue weighted by Crippen LogP contribution is -2.33. The molecule has 0 saturated heterocycles. The molecule has 184 valence electrons. The molecule has 0 saturated carbocycles. The first-order valence-corrected chi connectivity index (χ1v) is 13.6. The molecule has 0 N–H and O–H groups in total. The highest BCUT2D eigenvalue weighted by Crippen LogP contribution is 2.12. The fourth-order valence-corrected chi connectivity index (χ4v) is 3.86. The van der Waals surface area contributed by atoms with Gasteiger partial charge in [-0.25, -0.2) is 0 Å². The van der Waals surface area contributed by atoms with Crippen LogP contribution in [0.2, 0.25) is 0 Å². The molecule has 0 radical (unpaired) electrons. The van der Waals surface area contributed by atoms with Gasteiger partial charge in [0, 0.05) is 19.5 Å². The van der Waals surface area contributed by atoms with Gasteiger partial charge in [0.25, 0.3) is 0 Å². The molecule has 4 heteroatoms. The fraction of sp³-hybridized carbons (Fsp3) is 0.926. The van der Waals surface area contributed by atoms with E-state index in [9.17, 15) is 9.59 Å². The minimum Gasteiger partial charge on any atom is -0.466 e. The summed E-state index contributed by atoms with van der Waals surface area (Å²) in [5.41, 5.74) is 0. The van der Waals surface area contributed by atoms with Gasteiger partial charge < -0.3 is 9.64 Å². The molecule has 1 amide bonds. The maximum Gasteiger partial charge on any atom is 0.306 e. The van der Waals surface area contributed by atoms with Gasteiger partial charge in [-0.2, -0.15) is 0 Å². The van der Waals surface area contributed by atoms with Crippen LogP contribution in [0.5, 0.6) is 0 Å². The minimum atomic E-state index is -0.226. The van der Waals surface area contributed by atoms with Gasteiger partial charge in [0.1, 0.15) is 0 Å². The molecule has 0 fully saturated rings. The summed E-state index contributed by atoms with van der Waals surface area (Å²) in [7, 11) is 0. The van der Waals surface area contributed by atoms with Crippen molar-refractivity contribution < 1.29 is 14.3 Å². The van der Waals surface area contributed by atoms with Crippen LogP contribution in [0.25, 0.3) is 0 Å². The van der Waals surface area contributed by atoms with Crippen molar-refractivity contribution in [3.63, 3.8) is 0 Å². The highest BCUT2D eigenvalue weighted by molar-refractivity contribution is 5.81. The van der Waals surface area contributed by atoms with E-state index >= 15 is 0 Å². The molecule has 0 rings (SSSR count). The van der Waals surface area contributed by atoms with Gasteiger partial charge in [0.15, 0.2) is 0 Å². The molecule has 0 aliphatic heterocycles. The molecular weight excluding hydrogens is 386 g/mol. The quantitative estimate of drug-likeness (QED) is 0.120. The van der Waals surface area contributed by atoms with Gasteiger partial charge in [-0.1, -0.05) is 111 Å². The molecule has 0 spiro atoms. The Hall–Kier alpha value is -1.06. The molecule has 0 aliphatic carbocycles. The SMILES string of the molecule is CCCCCCCCCN(CCCCCCCCC)C(=O)CCC(=O)OCCCCC. The Morgan fingerprint density at radius 1 is 0.548 bits per heavy atom. The highest BCUT2D eigenvalue weighted by Gasteiger charge is 2.15. The number of hydrogen-bond acceptors (Lipinski definition) is 3. The summed E-state index contributed by atoms with van der Waals surface area (Å²) in [6.45, 7) is 8.79. The summed E-state index contributed by atoms with van der Waals surface area (Å²) in [5.74, 6) is -0.0984. The molecule has 31 heavy (non-hydrogen) atoms. The van der Waals surface area contributed by atoms with E-state index in [1.54, 1.807) is 0 Å². The number of amides is 1. The van der Waals surface area contributed by atoms with E-state index in [-0.39, 0.29) is 18.3 Å². The average molecular weight is 440 g/mol. The van der Waals surface area contributed by atoms with Gasteiger partial charge in [-0.05, 0) is 19.3 Å². The average Bonchev–Trinajstić information content (AvgIpc) is 2.77. The third-order valence-corrected chi connectivity index (χ3v) is 5.97. The standard InChI is InChI=1S/C27H53NO3/c1-4-7-10-12-14-16-18-23-28(24-19-17-15-13-11-8-5-2)26(29)21-22-27(30)31-25-20-9-6-3/h4-25H2,1-3H3. The predicted octanol–water partition coefficient (Wildman–Crippen LogP) is 7.83. The monoisotopic (exact) mass is 439 g/mol. The number of unbranched alkanes of at least 4 members (excludes halogenated alkanes) is 14. The fourth-order valence-electron chi connectivity index (χ4n) is 3.86. The summed E-state index contributed by atoms with van der Waals surface area (Å²) in [6.07, 6.45) is 21.2. The number of hydrogen-bond donors (Lipinski definition) is 0. The number of ether oxygens (including phenoxy) is 1. The second kappa shape index (κ2) is 23.6. The molecule has 0 aromatic carbocycles. The van der Waals surface area contributed by atoms with Crippen LogP contribution in [0.3, 0.4) is 0 Å². The van der Waals surface area contributed by atoms with E-state index in [1.807, 2.05) is 4.90 Å². The van der Waals surface area contributed by atoms with Crippen LogP contribution in [-0.4, -0.2) is 36.5 Å². The van der Waals surface area contributed by atoms with E-state index in [4.69, 9.17) is 4.74 Å². The first-order valence-electron chi connectivity index (χ1n) is 13.6. The van der Waals surface area contributed by atoms with Crippen molar-refractivity contribution in [3.8, 4) is 0 Å². The van der Waals surface area contributed by atoms with E-state index in [0.29, 0.717) is 13.0 Å². The normalized spacial score (nSPS) is 10.9. The topological polar surface area (TPSA) is 46.6 Å². The zero-order valence-electron chi connectivity index (χ0n) is 21.2. The number of carbonyl (C=O) groups is 2. The third kappa shape index (κ3) is 20.6. The van der Waals surface area contributed by atoms with Crippen molar-refractivity contribution in [1.29, 1.82) is 0 Å². The van der Waals surface area contributed by atoms with E-state index < -0.39 is 0 Å². The van der Waals surface area contributed by atoms with Crippen LogP contribution in [0.15, 0.2) is 0 Å². The van der Waals surface area contributed by atoms with Crippen molar-refractivity contribution in [3.05, 3.63) is 0 Å². The maximum atomic E-state index is 12.8. The Morgan fingerprint density at radius 2 is 0.968 bits per heavy atom. The lowest BCUT2D eigenvalue weighted by molar-refractivity contribution is -0.146. The number of rotatable bonds is 23. The molecule has 0 bridgehead atoms. The van der Waals surface area contributed by atoms with Gasteiger partial charge in [-0.15, -0.1) is 0 Å². The van der Waals surface area contributed by atoms with E-state index in [2.05, 4.69) is 20.8 Å². The second-order valence-electron chi connectivity index (χ2n) is 9.05. The van der Waals surface area contributed by atoms with E-state index in [1.165, 1.54) is 77.0 Å². The molecule has 0 atom stereocenters. The van der Waals surface area contributed by atoms with Gasteiger partial charge >= 0.3 is 5.97 Å². The first kappa shape index (κ1) is 29.9. The van der Waals surface area contributed by atoms with Crippen molar-refractivity contribution in [1.82, 2.24) is 4.90 Å². The van der Waals surface area contributed by atoms with Crippen LogP contribution in [-0.2, 0) is 14.3 Å². The van der Waals surface area contributed by atoms with Crippen molar-refractivity contribution in [2.45, 2.75) is 143 Å².